The van der Waals surface area contributed by atoms with Crippen molar-refractivity contribution in [2.45, 2.75) is 25.9 Å². The van der Waals surface area contributed by atoms with E-state index in [1.807, 2.05) is 37.4 Å². The van der Waals surface area contributed by atoms with Gasteiger partial charge in [-0.15, -0.1) is 13.2 Å². The van der Waals surface area contributed by atoms with Crippen molar-refractivity contribution >= 4 is 5.71 Å². The number of hydrazine groups is 1. The van der Waals surface area contributed by atoms with Gasteiger partial charge in [0.25, 0.3) is 0 Å². The van der Waals surface area contributed by atoms with Crippen molar-refractivity contribution < 1.29 is 0 Å². The average molecular weight is 300 g/mol. The highest BCUT2D eigenvalue weighted by atomic mass is 15.6. The first kappa shape index (κ1) is 18.1. The SMILES string of the molecule is C=C.CC(=N)c1ccccc1.CNC1C=C(C2CC2)NN1C. The number of allylic oxidation sites excluding steroid dienone is 1. The van der Waals surface area contributed by atoms with E-state index in [9.17, 15) is 0 Å². The molecule has 1 fully saturated rings. The maximum atomic E-state index is 7.24. The fourth-order valence-electron chi connectivity index (χ4n) is 2.18. The van der Waals surface area contributed by atoms with E-state index < -0.39 is 0 Å². The Hall–Kier alpha value is -1.91. The molecular weight excluding hydrogens is 272 g/mol. The van der Waals surface area contributed by atoms with E-state index in [2.05, 4.69) is 42.0 Å². The second-order valence-corrected chi connectivity index (χ2v) is 5.34. The third-order valence-corrected chi connectivity index (χ3v) is 3.58. The molecule has 1 heterocycles. The van der Waals surface area contributed by atoms with Gasteiger partial charge in [0.2, 0.25) is 0 Å². The second-order valence-electron chi connectivity index (χ2n) is 5.34. The van der Waals surface area contributed by atoms with Crippen LogP contribution in [-0.2, 0) is 0 Å². The van der Waals surface area contributed by atoms with Crippen LogP contribution in [0.5, 0.6) is 0 Å². The minimum atomic E-state index is 0.380. The lowest BCUT2D eigenvalue weighted by Crippen LogP contribution is -2.42. The molecule has 1 aromatic rings. The molecule has 0 amide bonds. The largest absolute Gasteiger partial charge is 0.321 e. The number of hydrogen-bond donors (Lipinski definition) is 3. The molecule has 0 aromatic heterocycles. The Balaban J connectivity index is 0.000000202. The highest BCUT2D eigenvalue weighted by Gasteiger charge is 2.31. The highest BCUT2D eigenvalue weighted by Crippen LogP contribution is 2.36. The van der Waals surface area contributed by atoms with Gasteiger partial charge < -0.3 is 16.2 Å². The predicted octanol–water partition coefficient (Wildman–Crippen LogP) is 3.15. The van der Waals surface area contributed by atoms with Gasteiger partial charge in [0.15, 0.2) is 0 Å². The number of likely N-dealkylation sites (N-methyl/N-ethyl adjacent to an activating group) is 2. The Morgan fingerprint density at radius 2 is 1.86 bits per heavy atom. The van der Waals surface area contributed by atoms with Crippen LogP contribution in [-0.4, -0.2) is 31.0 Å². The van der Waals surface area contributed by atoms with Gasteiger partial charge in [-0.1, -0.05) is 30.3 Å². The smallest absolute Gasteiger partial charge is 0.0981 e. The minimum absolute atomic E-state index is 0.380. The summed E-state index contributed by atoms with van der Waals surface area (Å²) in [7, 11) is 4.04. The van der Waals surface area contributed by atoms with Gasteiger partial charge in [-0.05, 0) is 44.4 Å². The van der Waals surface area contributed by atoms with Gasteiger partial charge in [-0.3, -0.25) is 0 Å². The van der Waals surface area contributed by atoms with E-state index in [1.54, 1.807) is 6.92 Å². The van der Waals surface area contributed by atoms with E-state index in [1.165, 1.54) is 18.5 Å². The first-order chi connectivity index (χ1) is 10.6. The molecule has 4 nitrogen and oxygen atoms in total. The fourth-order valence-corrected chi connectivity index (χ4v) is 2.18. The summed E-state index contributed by atoms with van der Waals surface area (Å²) in [4.78, 5) is 0. The molecule has 3 rings (SSSR count). The van der Waals surface area contributed by atoms with Crippen LogP contribution in [0.3, 0.4) is 0 Å². The van der Waals surface area contributed by atoms with Crippen molar-refractivity contribution in [3.05, 3.63) is 60.8 Å². The van der Waals surface area contributed by atoms with Crippen molar-refractivity contribution in [3.8, 4) is 0 Å². The highest BCUT2D eigenvalue weighted by molar-refractivity contribution is 5.96. The van der Waals surface area contributed by atoms with Gasteiger partial charge in [0.05, 0.1) is 6.17 Å². The standard InChI is InChI=1S/C8H15N3.C8H9N.C2H4/c1-9-8-5-7(6-3-4-6)10-11(8)2;1-7(9)8-5-3-2-4-6-8;1-2/h5-6,8-10H,3-4H2,1-2H3;2-6,9H,1H3;1-2H2. The van der Waals surface area contributed by atoms with Crippen LogP contribution in [0.15, 0.2) is 55.3 Å². The molecule has 0 radical (unpaired) electrons. The lowest BCUT2D eigenvalue weighted by atomic mass is 10.1. The zero-order valence-electron chi connectivity index (χ0n) is 13.9. The van der Waals surface area contributed by atoms with Crippen LogP contribution in [0.25, 0.3) is 0 Å². The van der Waals surface area contributed by atoms with Gasteiger partial charge in [-0.25, -0.2) is 5.01 Å². The average Bonchev–Trinajstić information content (AvgIpc) is 3.34. The molecular formula is C18H28N4. The first-order valence-corrected chi connectivity index (χ1v) is 7.61. The lowest BCUT2D eigenvalue weighted by Gasteiger charge is -2.18. The van der Waals surface area contributed by atoms with E-state index in [0.29, 0.717) is 11.9 Å². The van der Waals surface area contributed by atoms with Gasteiger partial charge in [-0.2, -0.15) is 0 Å². The molecule has 0 saturated heterocycles. The molecule has 1 atom stereocenters. The summed E-state index contributed by atoms with van der Waals surface area (Å²) in [6, 6.07) is 9.69. The zero-order chi connectivity index (χ0) is 16.5. The van der Waals surface area contributed by atoms with Crippen LogP contribution in [0.2, 0.25) is 0 Å². The number of benzene rings is 1. The minimum Gasteiger partial charge on any atom is -0.321 e. The molecule has 1 unspecified atom stereocenters. The van der Waals surface area contributed by atoms with E-state index in [4.69, 9.17) is 5.41 Å². The van der Waals surface area contributed by atoms with Crippen LogP contribution in [0.4, 0.5) is 0 Å². The summed E-state index contributed by atoms with van der Waals surface area (Å²) in [6.07, 6.45) is 5.38. The molecule has 2 aliphatic rings. The van der Waals surface area contributed by atoms with E-state index in [0.717, 1.165) is 11.5 Å². The Morgan fingerprint density at radius 1 is 1.27 bits per heavy atom. The fraction of sp³-hybridized carbons (Fsp3) is 0.389. The quantitative estimate of drug-likeness (QED) is 0.594. The Bertz CT molecular complexity index is 491. The molecule has 1 aromatic carbocycles. The maximum absolute atomic E-state index is 7.24. The number of nitrogens with one attached hydrogen (secondary N) is 3. The van der Waals surface area contributed by atoms with Crippen LogP contribution < -0.4 is 10.7 Å². The summed E-state index contributed by atoms with van der Waals surface area (Å²) in [5.74, 6) is 0.829. The summed E-state index contributed by atoms with van der Waals surface area (Å²) < 4.78 is 0. The van der Waals surface area contributed by atoms with Crippen molar-refractivity contribution in [1.82, 2.24) is 15.8 Å². The molecule has 1 saturated carbocycles. The molecule has 1 aliphatic heterocycles. The Labute approximate surface area is 134 Å². The topological polar surface area (TPSA) is 51.2 Å². The third-order valence-electron chi connectivity index (χ3n) is 3.58. The van der Waals surface area contributed by atoms with E-state index in [-0.39, 0.29) is 0 Å². The van der Waals surface area contributed by atoms with Crippen LogP contribution in [0.1, 0.15) is 25.3 Å². The normalized spacial score (nSPS) is 19.8. The summed E-state index contributed by atoms with van der Waals surface area (Å²) in [5.41, 5.74) is 6.38. The number of nitrogens with zero attached hydrogens (tertiary/aromatic N) is 1. The van der Waals surface area contributed by atoms with Crippen molar-refractivity contribution in [1.29, 1.82) is 5.41 Å². The van der Waals surface area contributed by atoms with E-state index >= 15 is 0 Å². The number of rotatable bonds is 3. The predicted molar refractivity (Wildman–Crippen MR) is 94.8 cm³/mol. The third kappa shape index (κ3) is 5.47. The monoisotopic (exact) mass is 300 g/mol. The van der Waals surface area contributed by atoms with Gasteiger partial charge >= 0.3 is 0 Å². The van der Waals surface area contributed by atoms with Crippen LogP contribution in [0, 0.1) is 11.3 Å². The van der Waals surface area contributed by atoms with Crippen molar-refractivity contribution in [3.63, 3.8) is 0 Å². The molecule has 3 N–H and O–H groups in total. The van der Waals surface area contributed by atoms with Crippen molar-refractivity contribution in [2.75, 3.05) is 14.1 Å². The first-order valence-electron chi connectivity index (χ1n) is 7.61. The summed E-state index contributed by atoms with van der Waals surface area (Å²) in [6.45, 7) is 7.79. The summed E-state index contributed by atoms with van der Waals surface area (Å²) >= 11 is 0. The Morgan fingerprint density at radius 3 is 2.23 bits per heavy atom. The molecule has 0 bridgehead atoms. The zero-order valence-corrected chi connectivity index (χ0v) is 13.9. The molecule has 1 aliphatic carbocycles. The summed E-state index contributed by atoms with van der Waals surface area (Å²) in [5, 5.41) is 12.6. The van der Waals surface area contributed by atoms with Crippen LogP contribution >= 0.6 is 0 Å². The van der Waals surface area contributed by atoms with Crippen molar-refractivity contribution in [2.24, 2.45) is 5.92 Å². The maximum Gasteiger partial charge on any atom is 0.0981 e. The Kier molecular flexibility index (Phi) is 7.57. The van der Waals surface area contributed by atoms with Gasteiger partial charge in [0.1, 0.15) is 0 Å². The molecule has 4 heteroatoms. The second kappa shape index (κ2) is 9.18. The lowest BCUT2D eigenvalue weighted by molar-refractivity contribution is 0.222. The molecule has 120 valence electrons. The molecule has 22 heavy (non-hydrogen) atoms. The number of hydrogen-bond acceptors (Lipinski definition) is 4. The molecule has 0 spiro atoms. The van der Waals surface area contributed by atoms with Gasteiger partial charge in [0, 0.05) is 18.5 Å².